The maximum Gasteiger partial charge on any atom is 0.315 e. The van der Waals surface area contributed by atoms with Crippen molar-refractivity contribution in [3.63, 3.8) is 0 Å². The molecule has 6 heteroatoms. The van der Waals surface area contributed by atoms with Crippen LogP contribution in [-0.2, 0) is 13.5 Å². The SMILES string of the molecule is Cn1cc([C@@H](O)CNC(=O)N[C@@H](Cc2ccccc2)C2CC2)cn1. The highest BCUT2D eigenvalue weighted by Gasteiger charge is 2.32. The van der Waals surface area contributed by atoms with Gasteiger partial charge in [0.2, 0.25) is 0 Å². The quantitative estimate of drug-likeness (QED) is 0.725. The Labute approximate surface area is 141 Å². The summed E-state index contributed by atoms with van der Waals surface area (Å²) >= 11 is 0. The van der Waals surface area contributed by atoms with Crippen molar-refractivity contribution >= 4 is 6.03 Å². The molecule has 0 unspecified atom stereocenters. The van der Waals surface area contributed by atoms with Gasteiger partial charge in [0, 0.05) is 31.4 Å². The number of rotatable bonds is 7. The fraction of sp³-hybridized carbons (Fsp3) is 0.444. The summed E-state index contributed by atoms with van der Waals surface area (Å²) in [4.78, 5) is 12.2. The van der Waals surface area contributed by atoms with Gasteiger partial charge < -0.3 is 15.7 Å². The lowest BCUT2D eigenvalue weighted by molar-refractivity contribution is 0.172. The maximum absolute atomic E-state index is 12.2. The third kappa shape index (κ3) is 4.58. The summed E-state index contributed by atoms with van der Waals surface area (Å²) in [5, 5.41) is 19.9. The Morgan fingerprint density at radius 1 is 1.38 bits per heavy atom. The molecule has 3 rings (SSSR count). The molecule has 1 aliphatic rings. The minimum absolute atomic E-state index is 0.142. The highest BCUT2D eigenvalue weighted by molar-refractivity contribution is 5.74. The van der Waals surface area contributed by atoms with E-state index in [4.69, 9.17) is 0 Å². The lowest BCUT2D eigenvalue weighted by atomic mass is 10.0. The fourth-order valence-electron chi connectivity index (χ4n) is 2.84. The molecule has 0 saturated heterocycles. The van der Waals surface area contributed by atoms with Crippen LogP contribution in [-0.4, -0.2) is 33.5 Å². The van der Waals surface area contributed by atoms with Gasteiger partial charge in [-0.3, -0.25) is 4.68 Å². The summed E-state index contributed by atoms with van der Waals surface area (Å²) in [6.45, 7) is 0.167. The normalized spacial score (nSPS) is 16.4. The Morgan fingerprint density at radius 2 is 2.12 bits per heavy atom. The zero-order valence-electron chi connectivity index (χ0n) is 13.9. The first kappa shape index (κ1) is 16.5. The Kier molecular flexibility index (Phi) is 5.15. The number of nitrogens with one attached hydrogen (secondary N) is 2. The van der Waals surface area contributed by atoms with Gasteiger partial charge in [-0.25, -0.2) is 4.79 Å². The second-order valence-corrected chi connectivity index (χ2v) is 6.45. The summed E-state index contributed by atoms with van der Waals surface area (Å²) in [5.41, 5.74) is 1.92. The molecule has 1 aliphatic carbocycles. The lowest BCUT2D eigenvalue weighted by Gasteiger charge is -2.19. The number of benzene rings is 1. The van der Waals surface area contributed by atoms with E-state index in [1.165, 1.54) is 5.56 Å². The van der Waals surface area contributed by atoms with Gasteiger partial charge in [-0.1, -0.05) is 30.3 Å². The third-order valence-electron chi connectivity index (χ3n) is 4.37. The molecule has 3 N–H and O–H groups in total. The van der Waals surface area contributed by atoms with E-state index in [0.717, 1.165) is 19.3 Å². The predicted octanol–water partition coefficient (Wildman–Crippen LogP) is 1.77. The van der Waals surface area contributed by atoms with Crippen LogP contribution in [0.2, 0.25) is 0 Å². The molecule has 1 aromatic heterocycles. The van der Waals surface area contributed by atoms with Crippen LogP contribution in [0.3, 0.4) is 0 Å². The fourth-order valence-corrected chi connectivity index (χ4v) is 2.84. The number of hydrogen-bond donors (Lipinski definition) is 3. The van der Waals surface area contributed by atoms with Crippen molar-refractivity contribution in [2.24, 2.45) is 13.0 Å². The van der Waals surface area contributed by atoms with Crippen molar-refractivity contribution in [1.82, 2.24) is 20.4 Å². The van der Waals surface area contributed by atoms with Gasteiger partial charge in [-0.2, -0.15) is 5.10 Å². The van der Waals surface area contributed by atoms with E-state index in [1.807, 2.05) is 18.2 Å². The molecule has 2 atom stereocenters. The van der Waals surface area contributed by atoms with Gasteiger partial charge in [0.15, 0.2) is 0 Å². The van der Waals surface area contributed by atoms with Crippen molar-refractivity contribution < 1.29 is 9.90 Å². The summed E-state index contributed by atoms with van der Waals surface area (Å²) in [6.07, 6.45) is 5.76. The van der Waals surface area contributed by atoms with E-state index in [9.17, 15) is 9.90 Å². The Morgan fingerprint density at radius 3 is 2.75 bits per heavy atom. The molecular weight excluding hydrogens is 304 g/mol. The number of aromatic nitrogens is 2. The third-order valence-corrected chi connectivity index (χ3v) is 4.37. The van der Waals surface area contributed by atoms with Crippen molar-refractivity contribution in [1.29, 1.82) is 0 Å². The topological polar surface area (TPSA) is 79.2 Å². The minimum Gasteiger partial charge on any atom is -0.386 e. The Balaban J connectivity index is 1.49. The number of nitrogens with zero attached hydrogens (tertiary/aromatic N) is 2. The molecule has 6 nitrogen and oxygen atoms in total. The number of aryl methyl sites for hydroxylation is 1. The van der Waals surface area contributed by atoms with Crippen LogP contribution in [0, 0.1) is 5.92 Å². The molecule has 1 heterocycles. The van der Waals surface area contributed by atoms with Crippen molar-refractivity contribution in [3.8, 4) is 0 Å². The van der Waals surface area contributed by atoms with Crippen LogP contribution in [0.15, 0.2) is 42.7 Å². The van der Waals surface area contributed by atoms with Gasteiger partial charge in [-0.05, 0) is 30.7 Å². The van der Waals surface area contributed by atoms with E-state index in [2.05, 4.69) is 27.9 Å². The second kappa shape index (κ2) is 7.49. The number of amides is 2. The van der Waals surface area contributed by atoms with Crippen molar-refractivity contribution in [2.75, 3.05) is 6.54 Å². The molecule has 0 bridgehead atoms. The predicted molar refractivity (Wildman–Crippen MR) is 91.4 cm³/mol. The smallest absolute Gasteiger partial charge is 0.315 e. The zero-order chi connectivity index (χ0) is 16.9. The lowest BCUT2D eigenvalue weighted by Crippen LogP contribution is -2.45. The van der Waals surface area contributed by atoms with E-state index in [1.54, 1.807) is 24.1 Å². The first-order valence-electron chi connectivity index (χ1n) is 8.36. The summed E-state index contributed by atoms with van der Waals surface area (Å²) in [6, 6.07) is 10.1. The van der Waals surface area contributed by atoms with Crippen LogP contribution in [0.5, 0.6) is 0 Å². The number of hydrogen-bond acceptors (Lipinski definition) is 3. The van der Waals surface area contributed by atoms with E-state index >= 15 is 0 Å². The van der Waals surface area contributed by atoms with Crippen molar-refractivity contribution in [2.45, 2.75) is 31.4 Å². The molecule has 1 aromatic carbocycles. The molecule has 128 valence electrons. The molecular formula is C18H24N4O2. The van der Waals surface area contributed by atoms with E-state index in [0.29, 0.717) is 11.5 Å². The number of carbonyl (C=O) groups excluding carboxylic acids is 1. The average molecular weight is 328 g/mol. The standard InChI is InChI=1S/C18H24N4O2/c1-22-12-15(10-20-22)17(23)11-19-18(24)21-16(14-7-8-14)9-13-5-3-2-4-6-13/h2-6,10,12,14,16-17,23H,7-9,11H2,1H3,(H2,19,21,24)/t16-,17-/m0/s1. The molecule has 0 spiro atoms. The number of aliphatic hydroxyl groups excluding tert-OH is 1. The van der Waals surface area contributed by atoms with E-state index in [-0.39, 0.29) is 18.6 Å². The van der Waals surface area contributed by atoms with Crippen LogP contribution < -0.4 is 10.6 Å². The number of urea groups is 1. The first-order valence-corrected chi connectivity index (χ1v) is 8.36. The number of carbonyl (C=O) groups is 1. The Hall–Kier alpha value is -2.34. The van der Waals surface area contributed by atoms with Gasteiger partial charge in [-0.15, -0.1) is 0 Å². The molecule has 1 saturated carbocycles. The van der Waals surface area contributed by atoms with E-state index < -0.39 is 6.10 Å². The van der Waals surface area contributed by atoms with Crippen LogP contribution in [0.25, 0.3) is 0 Å². The number of aliphatic hydroxyl groups is 1. The van der Waals surface area contributed by atoms with Crippen molar-refractivity contribution in [3.05, 3.63) is 53.9 Å². The van der Waals surface area contributed by atoms with Crippen LogP contribution in [0.1, 0.15) is 30.1 Å². The molecule has 24 heavy (non-hydrogen) atoms. The highest BCUT2D eigenvalue weighted by Crippen LogP contribution is 2.34. The van der Waals surface area contributed by atoms with Crippen LogP contribution >= 0.6 is 0 Å². The summed E-state index contributed by atoms with van der Waals surface area (Å²) < 4.78 is 1.63. The van der Waals surface area contributed by atoms with Crippen LogP contribution in [0.4, 0.5) is 4.79 Å². The maximum atomic E-state index is 12.2. The van der Waals surface area contributed by atoms with Gasteiger partial charge >= 0.3 is 6.03 Å². The molecule has 2 amide bonds. The Bertz CT molecular complexity index is 667. The molecule has 1 fully saturated rings. The van der Waals surface area contributed by atoms with Gasteiger partial charge in [0.25, 0.3) is 0 Å². The van der Waals surface area contributed by atoms with Gasteiger partial charge in [0.1, 0.15) is 0 Å². The first-order chi connectivity index (χ1) is 11.6. The average Bonchev–Trinajstić information content (AvgIpc) is 3.34. The molecule has 0 aliphatic heterocycles. The summed E-state index contributed by atoms with van der Waals surface area (Å²) in [7, 11) is 1.79. The summed E-state index contributed by atoms with van der Waals surface area (Å²) in [5.74, 6) is 0.555. The largest absolute Gasteiger partial charge is 0.386 e. The molecule has 2 aromatic rings. The van der Waals surface area contributed by atoms with Gasteiger partial charge in [0.05, 0.1) is 12.3 Å². The minimum atomic E-state index is -0.752. The highest BCUT2D eigenvalue weighted by atomic mass is 16.3. The second-order valence-electron chi connectivity index (χ2n) is 6.45. The molecule has 0 radical (unpaired) electrons. The monoisotopic (exact) mass is 328 g/mol. The zero-order valence-corrected chi connectivity index (χ0v) is 13.9.